The normalized spacial score (nSPS) is 11.4. The van der Waals surface area contributed by atoms with E-state index < -0.39 is 20.5 Å². The lowest BCUT2D eigenvalue weighted by Crippen LogP contribution is -2.26. The SMILES string of the molecule is COc1ccccc1CN(C)C(=O)c1ccc(S(=O)(=O)C(F)F)cc1. The zero-order valence-corrected chi connectivity index (χ0v) is 14.5. The second-order valence-corrected chi connectivity index (χ2v) is 7.22. The molecule has 2 aromatic carbocycles. The summed E-state index contributed by atoms with van der Waals surface area (Å²) in [6, 6.07) is 11.7. The summed E-state index contributed by atoms with van der Waals surface area (Å²) in [5.74, 6) is -3.23. The van der Waals surface area contributed by atoms with E-state index in [1.54, 1.807) is 13.1 Å². The average molecular weight is 369 g/mol. The number of ether oxygens (including phenoxy) is 1. The summed E-state index contributed by atoms with van der Waals surface area (Å²) >= 11 is 0. The van der Waals surface area contributed by atoms with Crippen LogP contribution in [0.1, 0.15) is 15.9 Å². The van der Waals surface area contributed by atoms with E-state index in [-0.39, 0.29) is 18.0 Å². The van der Waals surface area contributed by atoms with E-state index in [1.807, 2.05) is 18.2 Å². The highest BCUT2D eigenvalue weighted by Crippen LogP contribution is 2.21. The van der Waals surface area contributed by atoms with Crippen LogP contribution in [0, 0.1) is 0 Å². The molecule has 134 valence electrons. The third-order valence-electron chi connectivity index (χ3n) is 3.61. The number of halogens is 2. The number of hydrogen-bond donors (Lipinski definition) is 0. The molecule has 0 aromatic heterocycles. The fraction of sp³-hybridized carbons (Fsp3) is 0.235. The number of hydrogen-bond acceptors (Lipinski definition) is 4. The molecule has 0 saturated carbocycles. The molecule has 0 aliphatic heterocycles. The maximum atomic E-state index is 12.5. The summed E-state index contributed by atoms with van der Waals surface area (Å²) in [5.41, 5.74) is 1.00. The Labute approximate surface area is 144 Å². The van der Waals surface area contributed by atoms with Gasteiger partial charge in [0.1, 0.15) is 5.75 Å². The van der Waals surface area contributed by atoms with Gasteiger partial charge in [0.05, 0.1) is 12.0 Å². The van der Waals surface area contributed by atoms with Crippen molar-refractivity contribution < 1.29 is 26.7 Å². The van der Waals surface area contributed by atoms with Crippen molar-refractivity contribution in [2.24, 2.45) is 0 Å². The number of nitrogens with zero attached hydrogens (tertiary/aromatic N) is 1. The van der Waals surface area contributed by atoms with Crippen LogP contribution in [-0.4, -0.2) is 39.1 Å². The summed E-state index contributed by atoms with van der Waals surface area (Å²) in [4.78, 5) is 13.3. The third-order valence-corrected chi connectivity index (χ3v) is 5.01. The topological polar surface area (TPSA) is 63.7 Å². The quantitative estimate of drug-likeness (QED) is 0.785. The van der Waals surface area contributed by atoms with Crippen molar-refractivity contribution >= 4 is 15.7 Å². The van der Waals surface area contributed by atoms with E-state index in [9.17, 15) is 22.0 Å². The van der Waals surface area contributed by atoms with Crippen molar-refractivity contribution in [1.82, 2.24) is 4.90 Å². The van der Waals surface area contributed by atoms with Gasteiger partial charge in [0, 0.05) is 24.7 Å². The number of rotatable bonds is 6. The van der Waals surface area contributed by atoms with E-state index in [2.05, 4.69) is 0 Å². The van der Waals surface area contributed by atoms with Crippen LogP contribution in [0.2, 0.25) is 0 Å². The Morgan fingerprint density at radius 2 is 1.72 bits per heavy atom. The zero-order valence-electron chi connectivity index (χ0n) is 13.6. The Balaban J connectivity index is 2.17. The first-order valence-corrected chi connectivity index (χ1v) is 8.81. The van der Waals surface area contributed by atoms with E-state index >= 15 is 0 Å². The summed E-state index contributed by atoms with van der Waals surface area (Å²) in [6.45, 7) is 0.278. The molecule has 25 heavy (non-hydrogen) atoms. The summed E-state index contributed by atoms with van der Waals surface area (Å²) in [7, 11) is -1.56. The summed E-state index contributed by atoms with van der Waals surface area (Å²) in [5, 5.41) is 0. The van der Waals surface area contributed by atoms with Gasteiger partial charge >= 0.3 is 5.76 Å². The average Bonchev–Trinajstić information content (AvgIpc) is 2.61. The van der Waals surface area contributed by atoms with Crippen molar-refractivity contribution in [2.45, 2.75) is 17.2 Å². The maximum Gasteiger partial charge on any atom is 0.341 e. The van der Waals surface area contributed by atoms with Crippen LogP contribution in [-0.2, 0) is 16.4 Å². The molecule has 1 amide bonds. The standard InChI is InChI=1S/C17H17F2NO4S/c1-20(11-13-5-3-4-6-15(13)24-2)16(21)12-7-9-14(10-8-12)25(22,23)17(18)19/h3-10,17H,11H2,1-2H3. The van der Waals surface area contributed by atoms with Gasteiger partial charge in [-0.05, 0) is 30.3 Å². The lowest BCUT2D eigenvalue weighted by Gasteiger charge is -2.19. The molecule has 2 aromatic rings. The Bertz CT molecular complexity index is 851. The number of benzene rings is 2. The molecule has 0 atom stereocenters. The predicted octanol–water partition coefficient (Wildman–Crippen LogP) is 2.96. The third kappa shape index (κ3) is 4.14. The number of carbonyl (C=O) groups excluding carboxylic acids is 1. The van der Waals surface area contributed by atoms with Gasteiger partial charge in [0.2, 0.25) is 9.84 Å². The first-order valence-electron chi connectivity index (χ1n) is 7.27. The van der Waals surface area contributed by atoms with Gasteiger partial charge in [-0.15, -0.1) is 0 Å². The monoisotopic (exact) mass is 369 g/mol. The van der Waals surface area contributed by atoms with Gasteiger partial charge in [0.15, 0.2) is 0 Å². The van der Waals surface area contributed by atoms with Crippen molar-refractivity contribution in [2.75, 3.05) is 14.2 Å². The second kappa shape index (κ2) is 7.60. The highest BCUT2D eigenvalue weighted by atomic mass is 32.2. The van der Waals surface area contributed by atoms with Crippen molar-refractivity contribution in [3.63, 3.8) is 0 Å². The lowest BCUT2D eigenvalue weighted by molar-refractivity contribution is 0.0784. The number of alkyl halides is 2. The lowest BCUT2D eigenvalue weighted by atomic mass is 10.1. The molecule has 8 heteroatoms. The number of sulfone groups is 1. The smallest absolute Gasteiger partial charge is 0.341 e. The molecule has 0 radical (unpaired) electrons. The Morgan fingerprint density at radius 3 is 2.28 bits per heavy atom. The van der Waals surface area contributed by atoms with E-state index in [1.165, 1.54) is 24.1 Å². The molecular formula is C17H17F2NO4S. The molecule has 0 fully saturated rings. The van der Waals surface area contributed by atoms with Crippen LogP contribution in [0.15, 0.2) is 53.4 Å². The predicted molar refractivity (Wildman–Crippen MR) is 88.4 cm³/mol. The van der Waals surface area contributed by atoms with Crippen molar-refractivity contribution in [1.29, 1.82) is 0 Å². The van der Waals surface area contributed by atoms with E-state index in [4.69, 9.17) is 4.74 Å². The van der Waals surface area contributed by atoms with Crippen LogP contribution in [0.3, 0.4) is 0 Å². The molecule has 0 bridgehead atoms. The number of amides is 1. The van der Waals surface area contributed by atoms with Crippen LogP contribution in [0.4, 0.5) is 8.78 Å². The molecule has 0 unspecified atom stereocenters. The molecule has 0 spiro atoms. The molecule has 5 nitrogen and oxygen atoms in total. The Morgan fingerprint density at radius 1 is 1.12 bits per heavy atom. The molecule has 0 saturated heterocycles. The Kier molecular flexibility index (Phi) is 5.73. The minimum absolute atomic E-state index is 0.200. The van der Waals surface area contributed by atoms with Crippen LogP contribution < -0.4 is 4.74 Å². The van der Waals surface area contributed by atoms with Gasteiger partial charge in [-0.3, -0.25) is 4.79 Å². The van der Waals surface area contributed by atoms with Crippen LogP contribution >= 0.6 is 0 Å². The van der Waals surface area contributed by atoms with E-state index in [0.717, 1.165) is 17.7 Å². The van der Waals surface area contributed by atoms with Gasteiger partial charge in [-0.25, -0.2) is 8.42 Å². The van der Waals surface area contributed by atoms with Crippen molar-refractivity contribution in [3.05, 3.63) is 59.7 Å². The van der Waals surface area contributed by atoms with Crippen LogP contribution in [0.5, 0.6) is 5.75 Å². The van der Waals surface area contributed by atoms with Gasteiger partial charge in [-0.2, -0.15) is 8.78 Å². The fourth-order valence-electron chi connectivity index (χ4n) is 2.27. The molecular weight excluding hydrogens is 352 g/mol. The largest absolute Gasteiger partial charge is 0.496 e. The van der Waals surface area contributed by atoms with Crippen LogP contribution in [0.25, 0.3) is 0 Å². The maximum absolute atomic E-state index is 12.5. The van der Waals surface area contributed by atoms with Gasteiger partial charge < -0.3 is 9.64 Å². The summed E-state index contributed by atoms with van der Waals surface area (Å²) < 4.78 is 53.1. The zero-order chi connectivity index (χ0) is 18.6. The number of carbonyl (C=O) groups is 1. The highest BCUT2D eigenvalue weighted by Gasteiger charge is 2.26. The second-order valence-electron chi connectivity index (χ2n) is 5.30. The molecule has 0 aliphatic rings. The van der Waals surface area contributed by atoms with E-state index in [0.29, 0.717) is 5.75 Å². The number of methoxy groups -OCH3 is 1. The van der Waals surface area contributed by atoms with Crippen molar-refractivity contribution in [3.8, 4) is 5.75 Å². The highest BCUT2D eigenvalue weighted by molar-refractivity contribution is 7.91. The first kappa shape index (κ1) is 18.9. The summed E-state index contributed by atoms with van der Waals surface area (Å²) in [6.07, 6.45) is 0. The fourth-order valence-corrected chi connectivity index (χ4v) is 2.99. The molecule has 0 N–H and O–H groups in total. The first-order chi connectivity index (χ1) is 11.8. The number of para-hydroxylation sites is 1. The molecule has 0 aliphatic carbocycles. The van der Waals surface area contributed by atoms with Gasteiger partial charge in [0.25, 0.3) is 5.91 Å². The Hall–Kier alpha value is -2.48. The molecule has 2 rings (SSSR count). The minimum Gasteiger partial charge on any atom is -0.496 e. The minimum atomic E-state index is -4.67. The van der Waals surface area contributed by atoms with Gasteiger partial charge in [-0.1, -0.05) is 18.2 Å². The molecule has 0 heterocycles.